The molecule has 0 spiro atoms. The molecular weight excluding hydrogens is 373 g/mol. The summed E-state index contributed by atoms with van der Waals surface area (Å²) in [6.45, 7) is 2.93. The van der Waals surface area contributed by atoms with Gasteiger partial charge in [-0.3, -0.25) is 9.59 Å². The molecule has 0 radical (unpaired) electrons. The van der Waals surface area contributed by atoms with E-state index in [9.17, 15) is 14.0 Å². The van der Waals surface area contributed by atoms with E-state index in [1.807, 2.05) is 13.0 Å². The third-order valence-electron chi connectivity index (χ3n) is 5.73. The van der Waals surface area contributed by atoms with Crippen molar-refractivity contribution in [2.24, 2.45) is 0 Å². The summed E-state index contributed by atoms with van der Waals surface area (Å²) in [4.78, 5) is 28.3. The molecule has 5 rings (SSSR count). The van der Waals surface area contributed by atoms with Gasteiger partial charge in [-0.2, -0.15) is 0 Å². The zero-order valence-corrected chi connectivity index (χ0v) is 16.0. The van der Waals surface area contributed by atoms with Crippen LogP contribution in [0.5, 0.6) is 0 Å². The lowest BCUT2D eigenvalue weighted by atomic mass is 9.98. The molecule has 1 saturated heterocycles. The van der Waals surface area contributed by atoms with Crippen LogP contribution >= 0.6 is 0 Å². The van der Waals surface area contributed by atoms with E-state index in [2.05, 4.69) is 0 Å². The third kappa shape index (κ3) is 2.95. The third-order valence-corrected chi connectivity index (χ3v) is 5.73. The maximum atomic E-state index is 13.5. The normalized spacial score (nSPS) is 21.2. The molecule has 6 heteroatoms. The molecule has 2 aromatic carbocycles. The fraction of sp³-hybridized carbons (Fsp3) is 0.304. The zero-order valence-electron chi connectivity index (χ0n) is 16.0. The highest BCUT2D eigenvalue weighted by Crippen LogP contribution is 2.39. The summed E-state index contributed by atoms with van der Waals surface area (Å²) in [6.07, 6.45) is 1.72. The molecule has 0 N–H and O–H groups in total. The molecule has 2 aliphatic heterocycles. The van der Waals surface area contributed by atoms with Crippen LogP contribution in [-0.2, 0) is 4.74 Å². The first kappa shape index (κ1) is 18.1. The average Bonchev–Trinajstić information content (AvgIpc) is 3.32. The molecule has 1 fully saturated rings. The Kier molecular flexibility index (Phi) is 4.24. The molecule has 0 aliphatic carbocycles. The Labute approximate surface area is 166 Å². The fourth-order valence-electron chi connectivity index (χ4n) is 4.32. The van der Waals surface area contributed by atoms with Gasteiger partial charge >= 0.3 is 0 Å². The van der Waals surface area contributed by atoms with E-state index in [0.717, 1.165) is 18.4 Å². The second kappa shape index (κ2) is 6.81. The van der Waals surface area contributed by atoms with Crippen LogP contribution in [0.15, 0.2) is 51.7 Å². The molecule has 1 amide bonds. The lowest BCUT2D eigenvalue weighted by Crippen LogP contribution is -2.36. The Bertz CT molecular complexity index is 1160. The number of fused-ring (bicyclic) bond motifs is 2. The van der Waals surface area contributed by atoms with E-state index in [0.29, 0.717) is 35.2 Å². The van der Waals surface area contributed by atoms with Gasteiger partial charge in [0.15, 0.2) is 5.43 Å². The van der Waals surface area contributed by atoms with Gasteiger partial charge in [-0.05, 0) is 49.6 Å². The largest absolute Gasteiger partial charge is 0.450 e. The van der Waals surface area contributed by atoms with E-state index in [1.165, 1.54) is 12.1 Å². The van der Waals surface area contributed by atoms with E-state index < -0.39 is 6.04 Å². The Morgan fingerprint density at radius 1 is 1.14 bits per heavy atom. The summed E-state index contributed by atoms with van der Waals surface area (Å²) >= 11 is 0. The number of aryl methyl sites for hydroxylation is 1. The highest BCUT2D eigenvalue weighted by atomic mass is 19.1. The highest BCUT2D eigenvalue weighted by Gasteiger charge is 2.43. The second-order valence-corrected chi connectivity index (χ2v) is 7.72. The van der Waals surface area contributed by atoms with Crippen molar-refractivity contribution in [3.8, 4) is 0 Å². The van der Waals surface area contributed by atoms with Gasteiger partial charge < -0.3 is 14.1 Å². The minimum atomic E-state index is -0.622. The van der Waals surface area contributed by atoms with E-state index in [1.54, 1.807) is 29.2 Å². The van der Waals surface area contributed by atoms with Crippen molar-refractivity contribution in [3.63, 3.8) is 0 Å². The van der Waals surface area contributed by atoms with Crippen LogP contribution in [0.25, 0.3) is 11.0 Å². The Morgan fingerprint density at radius 3 is 2.66 bits per heavy atom. The Morgan fingerprint density at radius 2 is 1.93 bits per heavy atom. The summed E-state index contributed by atoms with van der Waals surface area (Å²) in [5, 5.41) is 0.447. The molecule has 0 saturated carbocycles. The first-order chi connectivity index (χ1) is 14.0. The van der Waals surface area contributed by atoms with Gasteiger partial charge in [0.1, 0.15) is 11.4 Å². The minimum Gasteiger partial charge on any atom is -0.450 e. The lowest BCUT2D eigenvalue weighted by Gasteiger charge is -2.27. The summed E-state index contributed by atoms with van der Waals surface area (Å²) < 4.78 is 25.2. The van der Waals surface area contributed by atoms with Gasteiger partial charge in [0.25, 0.3) is 5.91 Å². The van der Waals surface area contributed by atoms with Gasteiger partial charge in [-0.1, -0.05) is 23.8 Å². The van der Waals surface area contributed by atoms with Gasteiger partial charge in [0.2, 0.25) is 5.76 Å². The highest BCUT2D eigenvalue weighted by molar-refractivity contribution is 5.99. The van der Waals surface area contributed by atoms with Crippen molar-refractivity contribution >= 4 is 16.9 Å². The SMILES string of the molecule is Cc1ccc2oc3c(c(=O)c2c1)[C@@H](c1ccc(F)cc1)N(C[C@@H]1CCCO1)C3=O. The van der Waals surface area contributed by atoms with Crippen molar-refractivity contribution in [1.82, 2.24) is 4.90 Å². The summed E-state index contributed by atoms with van der Waals surface area (Å²) in [6, 6.07) is 10.6. The number of carbonyl (C=O) groups is 1. The van der Waals surface area contributed by atoms with Crippen LogP contribution in [0.3, 0.4) is 0 Å². The van der Waals surface area contributed by atoms with Crippen LogP contribution in [0.1, 0.15) is 46.1 Å². The number of hydrogen-bond acceptors (Lipinski definition) is 4. The predicted octanol–water partition coefficient (Wildman–Crippen LogP) is 3.96. The number of hydrogen-bond donors (Lipinski definition) is 0. The summed E-state index contributed by atoms with van der Waals surface area (Å²) in [5.41, 5.74) is 2.10. The second-order valence-electron chi connectivity index (χ2n) is 7.72. The van der Waals surface area contributed by atoms with Crippen molar-refractivity contribution in [1.29, 1.82) is 0 Å². The standard InChI is InChI=1S/C23H20FNO4/c1-13-4-9-18-17(11-13)21(26)19-20(14-5-7-15(24)8-6-14)25(23(27)22(19)29-18)12-16-3-2-10-28-16/h4-9,11,16,20H,2-3,10,12H2,1H3/t16-,20+/m0/s1. The van der Waals surface area contributed by atoms with E-state index >= 15 is 0 Å². The number of benzene rings is 2. The van der Waals surface area contributed by atoms with Crippen LogP contribution in [-0.4, -0.2) is 30.1 Å². The zero-order chi connectivity index (χ0) is 20.1. The maximum Gasteiger partial charge on any atom is 0.291 e. The Balaban J connectivity index is 1.71. The maximum absolute atomic E-state index is 13.5. The van der Waals surface area contributed by atoms with Crippen LogP contribution in [0, 0.1) is 12.7 Å². The van der Waals surface area contributed by atoms with Gasteiger partial charge in [0, 0.05) is 13.2 Å². The molecule has 3 heterocycles. The summed E-state index contributed by atoms with van der Waals surface area (Å²) in [5.74, 6) is -0.631. The van der Waals surface area contributed by atoms with Gasteiger partial charge in [0.05, 0.1) is 23.1 Å². The molecule has 29 heavy (non-hydrogen) atoms. The monoisotopic (exact) mass is 393 g/mol. The molecule has 3 aromatic rings. The first-order valence-corrected chi connectivity index (χ1v) is 9.78. The van der Waals surface area contributed by atoms with Gasteiger partial charge in [-0.25, -0.2) is 4.39 Å². The number of nitrogens with zero attached hydrogens (tertiary/aromatic N) is 1. The predicted molar refractivity (Wildman–Crippen MR) is 105 cm³/mol. The lowest BCUT2D eigenvalue weighted by molar-refractivity contribution is 0.0486. The minimum absolute atomic E-state index is 0.0682. The van der Waals surface area contributed by atoms with E-state index in [4.69, 9.17) is 9.15 Å². The van der Waals surface area contributed by atoms with Crippen molar-refractivity contribution < 1.29 is 18.3 Å². The topological polar surface area (TPSA) is 59.8 Å². The molecule has 0 bridgehead atoms. The molecule has 0 unspecified atom stereocenters. The molecule has 5 nitrogen and oxygen atoms in total. The number of amides is 1. The molecular formula is C23H20FNO4. The number of halogens is 1. The van der Waals surface area contributed by atoms with Crippen LogP contribution in [0.4, 0.5) is 4.39 Å². The number of ether oxygens (including phenoxy) is 1. The fourth-order valence-corrected chi connectivity index (χ4v) is 4.32. The Hall–Kier alpha value is -2.99. The molecule has 2 aliphatic rings. The van der Waals surface area contributed by atoms with Crippen molar-refractivity contribution in [2.75, 3.05) is 13.2 Å². The van der Waals surface area contributed by atoms with Crippen LogP contribution < -0.4 is 5.43 Å². The molecule has 2 atom stereocenters. The van der Waals surface area contributed by atoms with Crippen LogP contribution in [0.2, 0.25) is 0 Å². The smallest absolute Gasteiger partial charge is 0.291 e. The van der Waals surface area contributed by atoms with Gasteiger partial charge in [-0.15, -0.1) is 0 Å². The van der Waals surface area contributed by atoms with Crippen molar-refractivity contribution in [2.45, 2.75) is 31.9 Å². The summed E-state index contributed by atoms with van der Waals surface area (Å²) in [7, 11) is 0. The number of carbonyl (C=O) groups excluding carboxylic acids is 1. The average molecular weight is 393 g/mol. The molecule has 148 valence electrons. The molecule has 1 aromatic heterocycles. The number of rotatable bonds is 3. The first-order valence-electron chi connectivity index (χ1n) is 9.78. The quantitative estimate of drug-likeness (QED) is 0.676. The van der Waals surface area contributed by atoms with E-state index in [-0.39, 0.29) is 29.0 Å². The van der Waals surface area contributed by atoms with Crippen molar-refractivity contribution in [3.05, 3.63) is 81.0 Å².